The maximum absolute atomic E-state index is 13.0. The van der Waals surface area contributed by atoms with E-state index in [1.807, 2.05) is 0 Å². The zero-order valence-corrected chi connectivity index (χ0v) is 60.9. The van der Waals surface area contributed by atoms with Crippen LogP contribution >= 0.6 is 15.6 Å². The van der Waals surface area contributed by atoms with Gasteiger partial charge in [0.15, 0.2) is 12.2 Å². The number of carbonyl (C=O) groups is 4. The molecule has 0 spiro atoms. The molecule has 540 valence electrons. The molecule has 6 atom stereocenters. The number of phosphoric ester groups is 2. The highest BCUT2D eigenvalue weighted by Crippen LogP contribution is 2.45. The van der Waals surface area contributed by atoms with Gasteiger partial charge in [0.2, 0.25) is 0 Å². The molecule has 0 rings (SSSR count). The first-order valence-electron chi connectivity index (χ1n) is 37.5. The molecule has 0 amide bonds. The Labute approximate surface area is 556 Å². The molecule has 0 fully saturated rings. The standard InChI is InChI=1S/C72H140O17P2/c1-7-10-12-14-16-18-20-22-23-24-25-26-27-29-31-36-44-50-56-71(76)88-67(60-82-69(74)54-48-42-35-30-28-21-19-17-15-13-11-8-2)62-86-90(78,79)84-58-66(73)59-85-91(80,81)87-63-68(61-83-70(75)55-49-43-39-38-41-47-53-65(6)9-3)89-72(77)57-51-45-37-33-32-34-40-46-52-64(4)5/h64-68,73H,7-63H2,1-6H3,(H,78,79)(H,80,81)/t65?,66-,67-,68-/m1/s1. The van der Waals surface area contributed by atoms with Gasteiger partial charge in [0.05, 0.1) is 26.4 Å². The van der Waals surface area contributed by atoms with Crippen molar-refractivity contribution in [1.29, 1.82) is 0 Å². The molecule has 0 aliphatic rings. The summed E-state index contributed by atoms with van der Waals surface area (Å²) >= 11 is 0. The average Bonchev–Trinajstić information content (AvgIpc) is 3.69. The molecule has 0 aliphatic carbocycles. The van der Waals surface area contributed by atoms with Gasteiger partial charge in [-0.15, -0.1) is 0 Å². The Balaban J connectivity index is 5.23. The van der Waals surface area contributed by atoms with E-state index in [-0.39, 0.29) is 25.7 Å². The lowest BCUT2D eigenvalue weighted by atomic mass is 10.00. The number of unbranched alkanes of at least 4 members (excludes halogenated alkanes) is 40. The Hall–Kier alpha value is -1.94. The van der Waals surface area contributed by atoms with Crippen LogP contribution in [0.2, 0.25) is 0 Å². The van der Waals surface area contributed by atoms with Crippen LogP contribution in [0, 0.1) is 11.8 Å². The molecule has 0 radical (unpaired) electrons. The van der Waals surface area contributed by atoms with Gasteiger partial charge in [0.25, 0.3) is 0 Å². The Bertz CT molecular complexity index is 1770. The van der Waals surface area contributed by atoms with Gasteiger partial charge >= 0.3 is 39.5 Å². The highest BCUT2D eigenvalue weighted by molar-refractivity contribution is 7.47. The molecule has 0 saturated heterocycles. The second-order valence-corrected chi connectivity index (χ2v) is 29.6. The van der Waals surface area contributed by atoms with Crippen molar-refractivity contribution in [3.05, 3.63) is 0 Å². The van der Waals surface area contributed by atoms with Crippen molar-refractivity contribution < 1.29 is 80.2 Å². The van der Waals surface area contributed by atoms with E-state index in [0.717, 1.165) is 108 Å². The van der Waals surface area contributed by atoms with Crippen LogP contribution in [0.1, 0.15) is 369 Å². The topological polar surface area (TPSA) is 237 Å². The van der Waals surface area contributed by atoms with Crippen molar-refractivity contribution >= 4 is 39.5 Å². The van der Waals surface area contributed by atoms with Gasteiger partial charge < -0.3 is 33.8 Å². The molecule has 0 bridgehead atoms. The number of hydrogen-bond donors (Lipinski definition) is 3. The normalized spacial score (nSPS) is 14.4. The molecule has 0 aromatic carbocycles. The lowest BCUT2D eigenvalue weighted by Crippen LogP contribution is -2.30. The van der Waals surface area contributed by atoms with Gasteiger partial charge in [-0.25, -0.2) is 9.13 Å². The fraction of sp³-hybridized carbons (Fsp3) is 0.944. The van der Waals surface area contributed by atoms with Crippen molar-refractivity contribution in [2.45, 2.75) is 387 Å². The first-order valence-corrected chi connectivity index (χ1v) is 40.5. The molecule has 0 aliphatic heterocycles. The second-order valence-electron chi connectivity index (χ2n) is 26.7. The Kier molecular flexibility index (Phi) is 62.7. The molecule has 91 heavy (non-hydrogen) atoms. The molecule has 0 heterocycles. The SMILES string of the molecule is CCCCCCCCCCCCCCCCCCCCC(=O)O[C@H](COC(=O)CCCCCCCCCCCCCC)COP(=O)(O)OC[C@@H](O)COP(=O)(O)OC[C@@H](COC(=O)CCCCCCCCC(C)CC)OC(=O)CCCCCCCCCCC(C)C. The smallest absolute Gasteiger partial charge is 0.462 e. The highest BCUT2D eigenvalue weighted by atomic mass is 31.2. The zero-order chi connectivity index (χ0) is 67.2. The maximum atomic E-state index is 13.0. The maximum Gasteiger partial charge on any atom is 0.472 e. The van der Waals surface area contributed by atoms with E-state index < -0.39 is 97.5 Å². The molecule has 17 nitrogen and oxygen atoms in total. The Morgan fingerprint density at radius 3 is 0.835 bits per heavy atom. The molecular weight excluding hydrogens is 1200 g/mol. The van der Waals surface area contributed by atoms with E-state index in [0.29, 0.717) is 25.7 Å². The van der Waals surface area contributed by atoms with Gasteiger partial charge in [-0.2, -0.15) is 0 Å². The summed E-state index contributed by atoms with van der Waals surface area (Å²) in [5.41, 5.74) is 0. The van der Waals surface area contributed by atoms with Crippen LogP contribution < -0.4 is 0 Å². The third-order valence-electron chi connectivity index (χ3n) is 17.1. The number of ether oxygens (including phenoxy) is 4. The Morgan fingerprint density at radius 1 is 0.319 bits per heavy atom. The first-order chi connectivity index (χ1) is 43.9. The van der Waals surface area contributed by atoms with Crippen LogP contribution in [0.4, 0.5) is 0 Å². The molecule has 3 unspecified atom stereocenters. The van der Waals surface area contributed by atoms with Crippen molar-refractivity contribution in [2.75, 3.05) is 39.6 Å². The monoisotopic (exact) mass is 1340 g/mol. The average molecular weight is 1340 g/mol. The van der Waals surface area contributed by atoms with Crippen LogP contribution in [0.5, 0.6) is 0 Å². The van der Waals surface area contributed by atoms with Crippen LogP contribution in [-0.4, -0.2) is 96.7 Å². The number of esters is 4. The minimum absolute atomic E-state index is 0.104. The minimum Gasteiger partial charge on any atom is -0.462 e. The number of phosphoric acid groups is 2. The van der Waals surface area contributed by atoms with Gasteiger partial charge in [-0.3, -0.25) is 37.3 Å². The van der Waals surface area contributed by atoms with E-state index in [9.17, 15) is 43.2 Å². The van der Waals surface area contributed by atoms with Crippen LogP contribution in [0.15, 0.2) is 0 Å². The molecule has 3 N–H and O–H groups in total. The molecular formula is C72H140O17P2. The number of rotatable bonds is 71. The van der Waals surface area contributed by atoms with E-state index >= 15 is 0 Å². The fourth-order valence-corrected chi connectivity index (χ4v) is 12.5. The van der Waals surface area contributed by atoms with Gasteiger partial charge in [-0.1, -0.05) is 318 Å². The van der Waals surface area contributed by atoms with Crippen molar-refractivity contribution in [3.8, 4) is 0 Å². The van der Waals surface area contributed by atoms with E-state index in [2.05, 4.69) is 41.5 Å². The molecule has 19 heteroatoms. The number of carbonyl (C=O) groups excluding carboxylic acids is 4. The van der Waals surface area contributed by atoms with Crippen molar-refractivity contribution in [1.82, 2.24) is 0 Å². The second kappa shape index (κ2) is 64.1. The van der Waals surface area contributed by atoms with Crippen molar-refractivity contribution in [2.24, 2.45) is 11.8 Å². The van der Waals surface area contributed by atoms with Crippen LogP contribution in [0.3, 0.4) is 0 Å². The molecule has 0 saturated carbocycles. The third kappa shape index (κ3) is 65.1. The summed E-state index contributed by atoms with van der Waals surface area (Å²) in [6.45, 7) is 9.48. The quantitative estimate of drug-likeness (QED) is 0.0222. The predicted octanol–water partition coefficient (Wildman–Crippen LogP) is 20.8. The van der Waals surface area contributed by atoms with Gasteiger partial charge in [0, 0.05) is 25.7 Å². The first kappa shape index (κ1) is 89.1. The summed E-state index contributed by atoms with van der Waals surface area (Å²) in [7, 11) is -9.90. The lowest BCUT2D eigenvalue weighted by Gasteiger charge is -2.21. The minimum atomic E-state index is -4.95. The summed E-state index contributed by atoms with van der Waals surface area (Å²) in [4.78, 5) is 72.6. The number of hydrogen-bond acceptors (Lipinski definition) is 15. The highest BCUT2D eigenvalue weighted by Gasteiger charge is 2.30. The molecule has 0 aromatic heterocycles. The van der Waals surface area contributed by atoms with Crippen LogP contribution in [-0.2, 0) is 65.4 Å². The van der Waals surface area contributed by atoms with Gasteiger partial charge in [0.1, 0.15) is 19.3 Å². The zero-order valence-electron chi connectivity index (χ0n) is 59.1. The van der Waals surface area contributed by atoms with Gasteiger partial charge in [-0.05, 0) is 37.5 Å². The fourth-order valence-electron chi connectivity index (χ4n) is 10.9. The lowest BCUT2D eigenvalue weighted by molar-refractivity contribution is -0.161. The summed E-state index contributed by atoms with van der Waals surface area (Å²) in [5.74, 6) is -0.674. The summed E-state index contributed by atoms with van der Waals surface area (Å²) in [6, 6.07) is 0. The van der Waals surface area contributed by atoms with Crippen molar-refractivity contribution in [3.63, 3.8) is 0 Å². The third-order valence-corrected chi connectivity index (χ3v) is 19.0. The number of aliphatic hydroxyl groups excluding tert-OH is 1. The Morgan fingerprint density at radius 2 is 0.560 bits per heavy atom. The predicted molar refractivity (Wildman–Crippen MR) is 368 cm³/mol. The van der Waals surface area contributed by atoms with E-state index in [1.165, 1.54) is 180 Å². The molecule has 0 aromatic rings. The summed E-state index contributed by atoms with van der Waals surface area (Å²) in [5, 5.41) is 10.6. The van der Waals surface area contributed by atoms with E-state index in [1.54, 1.807) is 0 Å². The van der Waals surface area contributed by atoms with Crippen LogP contribution in [0.25, 0.3) is 0 Å². The van der Waals surface area contributed by atoms with E-state index in [4.69, 9.17) is 37.0 Å². The summed E-state index contributed by atoms with van der Waals surface area (Å²) in [6.07, 6.45) is 50.0. The summed E-state index contributed by atoms with van der Waals surface area (Å²) < 4.78 is 68.3. The largest absolute Gasteiger partial charge is 0.472 e. The number of aliphatic hydroxyl groups is 1.